The molecule has 2 N–H and O–H groups in total. The van der Waals surface area contributed by atoms with Crippen LogP contribution in [0, 0.1) is 5.92 Å². The topological polar surface area (TPSA) is 129 Å². The Hall–Kier alpha value is -3.92. The Morgan fingerprint density at radius 3 is 1.84 bits per heavy atom. The van der Waals surface area contributed by atoms with Crippen molar-refractivity contribution < 1.29 is 38.1 Å². The Kier molecular flexibility index (Phi) is 12.3. The van der Waals surface area contributed by atoms with E-state index in [1.165, 1.54) is 0 Å². The summed E-state index contributed by atoms with van der Waals surface area (Å²) < 4.78 is 21.8. The first-order valence-electron chi connectivity index (χ1n) is 15.1. The van der Waals surface area contributed by atoms with Gasteiger partial charge in [-0.05, 0) is 70.2 Å². The van der Waals surface area contributed by atoms with Crippen molar-refractivity contribution in [3.8, 4) is 11.1 Å². The molecule has 10 nitrogen and oxygen atoms in total. The van der Waals surface area contributed by atoms with Crippen LogP contribution in [0.15, 0.2) is 48.5 Å². The van der Waals surface area contributed by atoms with Crippen LogP contribution in [0.25, 0.3) is 11.1 Å². The van der Waals surface area contributed by atoms with Crippen molar-refractivity contribution >= 4 is 23.9 Å². The molecule has 2 amide bonds. The minimum absolute atomic E-state index is 0.00378. The van der Waals surface area contributed by atoms with Gasteiger partial charge in [-0.3, -0.25) is 14.4 Å². The molecule has 3 rings (SSSR count). The highest BCUT2D eigenvalue weighted by atomic mass is 16.6. The summed E-state index contributed by atoms with van der Waals surface area (Å²) in [6.07, 6.45) is -0.545. The van der Waals surface area contributed by atoms with Gasteiger partial charge in [0, 0.05) is 31.3 Å². The van der Waals surface area contributed by atoms with Crippen molar-refractivity contribution in [2.24, 2.45) is 5.92 Å². The number of fused-ring (bicyclic) bond motifs is 3. The first-order chi connectivity index (χ1) is 20.7. The number of hydrogen-bond acceptors (Lipinski definition) is 8. The SMILES string of the molecule is CC(C)(C)OC(=O)CCC(CC(=O)OC(C)(C)C)C(=O)NCCOCCNC(=O)OCC1c2ccccc2-c2ccccc21. The summed E-state index contributed by atoms with van der Waals surface area (Å²) in [6, 6.07) is 16.3. The third-order valence-electron chi connectivity index (χ3n) is 6.73. The highest BCUT2D eigenvalue weighted by Gasteiger charge is 2.29. The van der Waals surface area contributed by atoms with E-state index in [1.807, 2.05) is 24.3 Å². The molecule has 1 unspecified atom stereocenters. The van der Waals surface area contributed by atoms with Gasteiger partial charge < -0.3 is 29.6 Å². The maximum Gasteiger partial charge on any atom is 0.407 e. The van der Waals surface area contributed by atoms with Gasteiger partial charge in [-0.25, -0.2) is 4.79 Å². The lowest BCUT2D eigenvalue weighted by Gasteiger charge is -2.23. The molecule has 1 aliphatic rings. The van der Waals surface area contributed by atoms with Gasteiger partial charge in [0.05, 0.1) is 19.6 Å². The number of carbonyl (C=O) groups is 4. The van der Waals surface area contributed by atoms with E-state index < -0.39 is 35.2 Å². The first kappa shape index (κ1) is 34.6. The number of alkyl carbamates (subject to hydrolysis) is 1. The third-order valence-corrected chi connectivity index (χ3v) is 6.73. The summed E-state index contributed by atoms with van der Waals surface area (Å²) >= 11 is 0. The van der Waals surface area contributed by atoms with Crippen molar-refractivity contribution in [2.75, 3.05) is 32.9 Å². The second kappa shape index (κ2) is 15.7. The van der Waals surface area contributed by atoms with Crippen molar-refractivity contribution in [3.63, 3.8) is 0 Å². The maximum absolute atomic E-state index is 12.9. The van der Waals surface area contributed by atoms with E-state index in [4.69, 9.17) is 18.9 Å². The number of ether oxygens (including phenoxy) is 4. The van der Waals surface area contributed by atoms with Gasteiger partial charge >= 0.3 is 18.0 Å². The van der Waals surface area contributed by atoms with E-state index in [0.29, 0.717) is 0 Å². The lowest BCUT2D eigenvalue weighted by Crippen LogP contribution is -2.36. The molecule has 1 atom stereocenters. The lowest BCUT2D eigenvalue weighted by atomic mass is 9.98. The fourth-order valence-corrected chi connectivity index (χ4v) is 4.96. The molecule has 0 bridgehead atoms. The molecule has 0 radical (unpaired) electrons. The predicted octanol–water partition coefficient (Wildman–Crippen LogP) is 5.13. The molecule has 0 aromatic heterocycles. The van der Waals surface area contributed by atoms with Crippen LogP contribution in [-0.4, -0.2) is 68.1 Å². The fraction of sp³-hybridized carbons (Fsp3) is 0.529. The van der Waals surface area contributed by atoms with Crippen molar-refractivity contribution in [3.05, 3.63) is 59.7 Å². The van der Waals surface area contributed by atoms with Crippen LogP contribution in [-0.2, 0) is 33.3 Å². The van der Waals surface area contributed by atoms with E-state index in [0.717, 1.165) is 22.3 Å². The maximum atomic E-state index is 12.9. The van der Waals surface area contributed by atoms with Gasteiger partial charge in [-0.15, -0.1) is 0 Å². The van der Waals surface area contributed by atoms with Crippen LogP contribution in [0.2, 0.25) is 0 Å². The fourth-order valence-electron chi connectivity index (χ4n) is 4.96. The van der Waals surface area contributed by atoms with Crippen molar-refractivity contribution in [1.82, 2.24) is 10.6 Å². The average molecular weight is 611 g/mol. The van der Waals surface area contributed by atoms with Crippen LogP contribution in [0.4, 0.5) is 4.79 Å². The quantitative estimate of drug-likeness (QED) is 0.171. The molecule has 1 aliphatic carbocycles. The largest absolute Gasteiger partial charge is 0.460 e. The third kappa shape index (κ3) is 11.3. The van der Waals surface area contributed by atoms with Crippen molar-refractivity contribution in [2.45, 2.75) is 77.9 Å². The van der Waals surface area contributed by atoms with Gasteiger partial charge in [-0.2, -0.15) is 0 Å². The van der Waals surface area contributed by atoms with Gasteiger partial charge in [0.15, 0.2) is 0 Å². The summed E-state index contributed by atoms with van der Waals surface area (Å²) in [5.41, 5.74) is 3.28. The number of nitrogens with one attached hydrogen (secondary N) is 2. The van der Waals surface area contributed by atoms with Crippen LogP contribution in [0.1, 0.15) is 77.8 Å². The van der Waals surface area contributed by atoms with E-state index >= 15 is 0 Å². The smallest absolute Gasteiger partial charge is 0.407 e. The van der Waals surface area contributed by atoms with E-state index in [9.17, 15) is 19.2 Å². The van der Waals surface area contributed by atoms with E-state index in [-0.39, 0.29) is 64.0 Å². The van der Waals surface area contributed by atoms with Crippen LogP contribution in [0.3, 0.4) is 0 Å². The molecule has 0 spiro atoms. The molecule has 0 saturated heterocycles. The number of benzene rings is 2. The first-order valence-corrected chi connectivity index (χ1v) is 15.1. The monoisotopic (exact) mass is 610 g/mol. The molecule has 0 fully saturated rings. The number of amides is 2. The average Bonchev–Trinajstić information content (AvgIpc) is 3.25. The molecule has 2 aromatic rings. The summed E-state index contributed by atoms with van der Waals surface area (Å²) in [5.74, 6) is -2.10. The van der Waals surface area contributed by atoms with Crippen molar-refractivity contribution in [1.29, 1.82) is 0 Å². The normalized spacial score (nSPS) is 13.3. The van der Waals surface area contributed by atoms with E-state index in [1.54, 1.807) is 41.5 Å². The molecular weight excluding hydrogens is 564 g/mol. The zero-order valence-corrected chi connectivity index (χ0v) is 26.7. The van der Waals surface area contributed by atoms with Gasteiger partial charge in [-0.1, -0.05) is 48.5 Å². The standard InChI is InChI=1S/C34H46N2O8/c1-33(2,3)43-29(37)16-15-23(21-30(38)44-34(4,5)6)31(39)35-17-19-41-20-18-36-32(40)42-22-28-26-13-9-7-11-24(26)25-12-8-10-14-27(25)28/h7-14,23,28H,15-22H2,1-6H3,(H,35,39)(H,36,40). The Morgan fingerprint density at radius 1 is 0.750 bits per heavy atom. The minimum Gasteiger partial charge on any atom is -0.460 e. The summed E-state index contributed by atoms with van der Waals surface area (Å²) in [4.78, 5) is 49.8. The predicted molar refractivity (Wildman–Crippen MR) is 166 cm³/mol. The molecule has 2 aromatic carbocycles. The minimum atomic E-state index is -0.757. The Labute approximate surface area is 260 Å². The second-order valence-corrected chi connectivity index (χ2v) is 12.8. The summed E-state index contributed by atoms with van der Waals surface area (Å²) in [6.45, 7) is 11.6. The lowest BCUT2D eigenvalue weighted by molar-refractivity contribution is -0.159. The number of hydrogen-bond donors (Lipinski definition) is 2. The van der Waals surface area contributed by atoms with Gasteiger partial charge in [0.2, 0.25) is 5.91 Å². The molecule has 240 valence electrons. The Morgan fingerprint density at radius 2 is 1.27 bits per heavy atom. The van der Waals surface area contributed by atoms with Crippen LogP contribution < -0.4 is 10.6 Å². The van der Waals surface area contributed by atoms with Gasteiger partial charge in [0.1, 0.15) is 17.8 Å². The van der Waals surface area contributed by atoms with E-state index in [2.05, 4.69) is 34.9 Å². The molecule has 0 aliphatic heterocycles. The molecule has 0 heterocycles. The Balaban J connectivity index is 1.36. The highest BCUT2D eigenvalue weighted by Crippen LogP contribution is 2.44. The Bertz CT molecular complexity index is 1250. The second-order valence-electron chi connectivity index (χ2n) is 12.8. The van der Waals surface area contributed by atoms with Gasteiger partial charge in [0.25, 0.3) is 0 Å². The van der Waals surface area contributed by atoms with Crippen LogP contribution >= 0.6 is 0 Å². The number of rotatable bonds is 14. The molecule has 10 heteroatoms. The number of esters is 2. The summed E-state index contributed by atoms with van der Waals surface area (Å²) in [5, 5.41) is 5.44. The zero-order valence-electron chi connectivity index (χ0n) is 26.7. The van der Waals surface area contributed by atoms with Crippen LogP contribution in [0.5, 0.6) is 0 Å². The molecule has 44 heavy (non-hydrogen) atoms. The highest BCUT2D eigenvalue weighted by molar-refractivity contribution is 5.84. The summed E-state index contributed by atoms with van der Waals surface area (Å²) in [7, 11) is 0. The molecular formula is C34H46N2O8. The molecule has 0 saturated carbocycles. The number of carbonyl (C=O) groups excluding carboxylic acids is 4. The zero-order chi connectivity index (χ0) is 32.3.